The van der Waals surface area contributed by atoms with Gasteiger partial charge in [-0.1, -0.05) is 61.3 Å². The number of aliphatic hydroxyl groups excluding tert-OH is 1. The quantitative estimate of drug-likeness (QED) is 0.228. The second-order valence-corrected chi connectivity index (χ2v) is 9.50. The third-order valence-electron chi connectivity index (χ3n) is 5.45. The topological polar surface area (TPSA) is 87.1 Å². The summed E-state index contributed by atoms with van der Waals surface area (Å²) in [6.45, 7) is 4.51. The van der Waals surface area contributed by atoms with Crippen LogP contribution in [0.25, 0.3) is 5.76 Å². The molecule has 4 rings (SSSR count). The molecule has 1 aliphatic heterocycles. The van der Waals surface area contributed by atoms with Crippen molar-refractivity contribution in [2.75, 3.05) is 11.5 Å². The molecule has 1 atom stereocenters. The number of carbonyl (C=O) groups excluding carboxylic acids is 2. The minimum absolute atomic E-state index is 0.0544. The maximum Gasteiger partial charge on any atom is 0.300 e. The average molecular weight is 512 g/mol. The Morgan fingerprint density at radius 1 is 1.00 bits per heavy atom. The van der Waals surface area contributed by atoms with Crippen LogP contribution in [0.3, 0.4) is 0 Å². The van der Waals surface area contributed by atoms with Crippen molar-refractivity contribution in [3.05, 3.63) is 93.5 Å². The van der Waals surface area contributed by atoms with E-state index in [2.05, 4.69) is 0 Å². The van der Waals surface area contributed by atoms with Gasteiger partial charge in [0.2, 0.25) is 0 Å². The summed E-state index contributed by atoms with van der Waals surface area (Å²) in [7, 11) is 0. The van der Waals surface area contributed by atoms with Gasteiger partial charge in [-0.2, -0.15) is 0 Å². The summed E-state index contributed by atoms with van der Waals surface area (Å²) in [4.78, 5) is 27.7. The van der Waals surface area contributed by atoms with E-state index < -0.39 is 17.7 Å². The highest BCUT2D eigenvalue weighted by molar-refractivity contribution is 6.52. The molecule has 1 heterocycles. The van der Waals surface area contributed by atoms with Crippen LogP contribution in [0.1, 0.15) is 31.0 Å². The van der Waals surface area contributed by atoms with Crippen LogP contribution < -0.4 is 9.64 Å². The second-order valence-electron chi connectivity index (χ2n) is 8.62. The molecule has 3 aromatic carbocycles. The van der Waals surface area contributed by atoms with E-state index in [1.54, 1.807) is 36.4 Å². The second kappa shape index (κ2) is 10.0. The summed E-state index contributed by atoms with van der Waals surface area (Å²) >= 11 is 12.3. The molecular formula is C27H23Cl2NO5. The molecule has 1 fully saturated rings. The summed E-state index contributed by atoms with van der Waals surface area (Å²) in [5.74, 6) is -1.32. The van der Waals surface area contributed by atoms with Crippen LogP contribution in [0.15, 0.2) is 72.3 Å². The van der Waals surface area contributed by atoms with E-state index in [-0.39, 0.29) is 32.8 Å². The number of ether oxygens (including phenoxy) is 1. The Morgan fingerprint density at radius 2 is 1.69 bits per heavy atom. The fourth-order valence-corrected chi connectivity index (χ4v) is 4.45. The van der Waals surface area contributed by atoms with E-state index in [1.807, 2.05) is 13.8 Å². The Morgan fingerprint density at radius 3 is 2.34 bits per heavy atom. The normalized spacial score (nSPS) is 17.3. The fourth-order valence-electron chi connectivity index (χ4n) is 3.94. The van der Waals surface area contributed by atoms with Crippen molar-refractivity contribution in [2.45, 2.75) is 19.9 Å². The third-order valence-corrected chi connectivity index (χ3v) is 5.88. The van der Waals surface area contributed by atoms with Gasteiger partial charge in [0.25, 0.3) is 11.7 Å². The molecule has 8 heteroatoms. The Kier molecular flexibility index (Phi) is 7.05. The first-order valence-electron chi connectivity index (χ1n) is 10.9. The number of hydrogen-bond donors (Lipinski definition) is 2. The zero-order chi connectivity index (χ0) is 25.3. The summed E-state index contributed by atoms with van der Waals surface area (Å²) in [5, 5.41) is 22.0. The van der Waals surface area contributed by atoms with Crippen LogP contribution in [0.4, 0.5) is 5.69 Å². The fraction of sp³-hybridized carbons (Fsp3) is 0.185. The van der Waals surface area contributed by atoms with Gasteiger partial charge in [0.15, 0.2) is 0 Å². The summed E-state index contributed by atoms with van der Waals surface area (Å²) in [5.41, 5.74) is 0.899. The van der Waals surface area contributed by atoms with E-state index in [9.17, 15) is 19.8 Å². The van der Waals surface area contributed by atoms with Gasteiger partial charge in [0.1, 0.15) is 17.3 Å². The Bertz CT molecular complexity index is 1310. The number of phenols is 1. The standard InChI is InChI=1S/C27H23Cl2NO5/c1-15(2)14-35-22-8-4-6-17(10-22)25(32)23-24(16-5-3-7-21(31)9-16)30(27(34)26(23)33)20-12-18(28)11-19(29)13-20/h3-13,15,24,31-32H,14H2,1-2H3/b25-23+. The van der Waals surface area contributed by atoms with E-state index in [0.717, 1.165) is 0 Å². The molecule has 3 aromatic rings. The van der Waals surface area contributed by atoms with E-state index in [1.165, 1.54) is 35.2 Å². The Labute approximate surface area is 213 Å². The number of ketones is 1. The molecular weight excluding hydrogens is 489 g/mol. The van der Waals surface area contributed by atoms with Gasteiger partial charge >= 0.3 is 0 Å². The first kappa shape index (κ1) is 24.6. The van der Waals surface area contributed by atoms with Crippen molar-refractivity contribution >= 4 is 46.3 Å². The molecule has 1 aliphatic rings. The van der Waals surface area contributed by atoms with E-state index in [4.69, 9.17) is 27.9 Å². The van der Waals surface area contributed by atoms with Crippen LogP contribution in [-0.4, -0.2) is 28.5 Å². The Hall–Kier alpha value is -3.48. The molecule has 0 radical (unpaired) electrons. The number of aromatic hydroxyl groups is 1. The number of amides is 1. The molecule has 6 nitrogen and oxygen atoms in total. The SMILES string of the molecule is CC(C)COc1cccc(/C(O)=C2\C(=O)C(=O)N(c3cc(Cl)cc(Cl)c3)C2c2cccc(O)c2)c1. The molecule has 0 aliphatic carbocycles. The first-order valence-corrected chi connectivity index (χ1v) is 11.7. The van der Waals surface area contributed by atoms with Crippen LogP contribution in [0, 0.1) is 5.92 Å². The Balaban J connectivity index is 1.89. The number of nitrogens with zero attached hydrogens (tertiary/aromatic N) is 1. The lowest BCUT2D eigenvalue weighted by Gasteiger charge is -2.26. The van der Waals surface area contributed by atoms with Crippen molar-refractivity contribution < 1.29 is 24.5 Å². The maximum atomic E-state index is 13.3. The van der Waals surface area contributed by atoms with Crippen LogP contribution in [0.5, 0.6) is 11.5 Å². The highest BCUT2D eigenvalue weighted by atomic mass is 35.5. The van der Waals surface area contributed by atoms with Crippen LogP contribution in [-0.2, 0) is 9.59 Å². The molecule has 1 unspecified atom stereocenters. The summed E-state index contributed by atoms with van der Waals surface area (Å²) in [6, 6.07) is 16.3. The van der Waals surface area contributed by atoms with Gasteiger partial charge in [-0.05, 0) is 53.9 Å². The average Bonchev–Trinajstić information content (AvgIpc) is 3.07. The number of benzene rings is 3. The molecule has 2 N–H and O–H groups in total. The molecule has 180 valence electrons. The van der Waals surface area contributed by atoms with Gasteiger partial charge in [-0.15, -0.1) is 0 Å². The number of hydrogen-bond acceptors (Lipinski definition) is 5. The monoisotopic (exact) mass is 511 g/mol. The van der Waals surface area contributed by atoms with E-state index >= 15 is 0 Å². The zero-order valence-corrected chi connectivity index (χ0v) is 20.5. The molecule has 0 aromatic heterocycles. The van der Waals surface area contributed by atoms with Crippen molar-refractivity contribution in [1.29, 1.82) is 0 Å². The summed E-state index contributed by atoms with van der Waals surface area (Å²) in [6.07, 6.45) is 0. The zero-order valence-electron chi connectivity index (χ0n) is 19.0. The largest absolute Gasteiger partial charge is 0.508 e. The predicted octanol–water partition coefficient (Wildman–Crippen LogP) is 6.36. The lowest BCUT2D eigenvalue weighted by Crippen LogP contribution is -2.29. The van der Waals surface area contributed by atoms with Gasteiger partial charge in [-0.25, -0.2) is 0 Å². The maximum absolute atomic E-state index is 13.3. The number of carbonyl (C=O) groups is 2. The number of halogens is 2. The molecule has 0 saturated carbocycles. The molecule has 1 saturated heterocycles. The lowest BCUT2D eigenvalue weighted by atomic mass is 9.95. The minimum atomic E-state index is -1.03. The number of aliphatic hydroxyl groups is 1. The van der Waals surface area contributed by atoms with Crippen LogP contribution in [0.2, 0.25) is 10.0 Å². The van der Waals surface area contributed by atoms with Gasteiger partial charge in [0, 0.05) is 21.3 Å². The molecule has 35 heavy (non-hydrogen) atoms. The van der Waals surface area contributed by atoms with Gasteiger partial charge in [0.05, 0.1) is 18.2 Å². The number of anilines is 1. The molecule has 0 bridgehead atoms. The van der Waals surface area contributed by atoms with Crippen molar-refractivity contribution in [1.82, 2.24) is 0 Å². The van der Waals surface area contributed by atoms with Gasteiger partial charge in [-0.3, -0.25) is 14.5 Å². The minimum Gasteiger partial charge on any atom is -0.508 e. The highest BCUT2D eigenvalue weighted by Crippen LogP contribution is 2.44. The van der Waals surface area contributed by atoms with Gasteiger partial charge < -0.3 is 14.9 Å². The number of phenolic OH excluding ortho intramolecular Hbond substituents is 1. The smallest absolute Gasteiger partial charge is 0.300 e. The molecule has 1 amide bonds. The van der Waals surface area contributed by atoms with Crippen molar-refractivity contribution in [3.8, 4) is 11.5 Å². The lowest BCUT2D eigenvalue weighted by molar-refractivity contribution is -0.132. The molecule has 0 spiro atoms. The van der Waals surface area contributed by atoms with E-state index in [0.29, 0.717) is 29.4 Å². The third kappa shape index (κ3) is 5.14. The number of rotatable bonds is 6. The van der Waals surface area contributed by atoms with Crippen LogP contribution >= 0.6 is 23.2 Å². The summed E-state index contributed by atoms with van der Waals surface area (Å²) < 4.78 is 5.75. The van der Waals surface area contributed by atoms with Crippen molar-refractivity contribution in [2.24, 2.45) is 5.92 Å². The first-order chi connectivity index (χ1) is 16.7. The highest BCUT2D eigenvalue weighted by Gasteiger charge is 2.47. The predicted molar refractivity (Wildman–Crippen MR) is 136 cm³/mol. The number of Topliss-reactive ketones (excluding diaryl/α,β-unsaturated/α-hetero) is 1. The van der Waals surface area contributed by atoms with Crippen molar-refractivity contribution in [3.63, 3.8) is 0 Å².